The average molecular weight is 288 g/mol. The van der Waals surface area contributed by atoms with Crippen LogP contribution in [0.15, 0.2) is 37.1 Å². The standard InChI is InChI=1S/C20H32O/c1-4-7-9-11-12-18-14-16-19(17-15-18)20(21-6-3)13-10-8-5-2/h6,14-17,20H,3-5,7-13H2,1-2H3. The molecule has 0 N–H and O–H groups in total. The highest BCUT2D eigenvalue weighted by molar-refractivity contribution is 5.24. The molecule has 0 aliphatic heterocycles. The first kappa shape index (κ1) is 17.8. The Bertz CT molecular complexity index is 366. The van der Waals surface area contributed by atoms with Crippen LogP contribution in [0.25, 0.3) is 0 Å². The molecule has 1 heteroatoms. The maximum absolute atomic E-state index is 5.69. The lowest BCUT2D eigenvalue weighted by molar-refractivity contribution is 0.135. The summed E-state index contributed by atoms with van der Waals surface area (Å²) in [4.78, 5) is 0. The van der Waals surface area contributed by atoms with Crippen LogP contribution in [0.2, 0.25) is 0 Å². The molecule has 0 bridgehead atoms. The van der Waals surface area contributed by atoms with Crippen molar-refractivity contribution < 1.29 is 4.74 Å². The maximum atomic E-state index is 5.69. The van der Waals surface area contributed by atoms with Crippen LogP contribution in [0.5, 0.6) is 0 Å². The normalized spacial score (nSPS) is 12.1. The summed E-state index contributed by atoms with van der Waals surface area (Å²) in [5, 5.41) is 0. The van der Waals surface area contributed by atoms with Gasteiger partial charge in [0.2, 0.25) is 0 Å². The summed E-state index contributed by atoms with van der Waals surface area (Å²) in [5.41, 5.74) is 2.73. The maximum Gasteiger partial charge on any atom is 0.123 e. The summed E-state index contributed by atoms with van der Waals surface area (Å²) in [6.07, 6.45) is 13.1. The van der Waals surface area contributed by atoms with Gasteiger partial charge < -0.3 is 4.74 Å². The van der Waals surface area contributed by atoms with Crippen LogP contribution in [0, 0.1) is 0 Å². The third kappa shape index (κ3) is 7.36. The monoisotopic (exact) mass is 288 g/mol. The largest absolute Gasteiger partial charge is 0.494 e. The van der Waals surface area contributed by atoms with E-state index in [1.807, 2.05) is 0 Å². The van der Waals surface area contributed by atoms with Gasteiger partial charge in [-0.1, -0.05) is 76.8 Å². The second kappa shape index (κ2) is 11.4. The van der Waals surface area contributed by atoms with Crippen molar-refractivity contribution in [1.82, 2.24) is 0 Å². The third-order valence-electron chi connectivity index (χ3n) is 4.00. The second-order valence-corrected chi connectivity index (χ2v) is 5.84. The summed E-state index contributed by atoms with van der Waals surface area (Å²) in [6.45, 7) is 8.20. The van der Waals surface area contributed by atoms with Crippen LogP contribution >= 0.6 is 0 Å². The number of aryl methyl sites for hydroxylation is 1. The van der Waals surface area contributed by atoms with Gasteiger partial charge in [0.15, 0.2) is 0 Å². The Kier molecular flexibility index (Phi) is 9.69. The van der Waals surface area contributed by atoms with Crippen LogP contribution in [0.1, 0.15) is 82.4 Å². The quantitative estimate of drug-likeness (QED) is 0.311. The molecule has 0 amide bonds. The van der Waals surface area contributed by atoms with Gasteiger partial charge in [-0.05, 0) is 36.8 Å². The van der Waals surface area contributed by atoms with E-state index in [0.717, 1.165) is 6.42 Å². The Balaban J connectivity index is 2.49. The summed E-state index contributed by atoms with van der Waals surface area (Å²) < 4.78 is 5.69. The highest BCUT2D eigenvalue weighted by Crippen LogP contribution is 2.25. The molecule has 0 aliphatic carbocycles. The topological polar surface area (TPSA) is 9.23 Å². The van der Waals surface area contributed by atoms with Gasteiger partial charge in [0.1, 0.15) is 6.10 Å². The van der Waals surface area contributed by atoms with Gasteiger partial charge >= 0.3 is 0 Å². The van der Waals surface area contributed by atoms with Gasteiger partial charge in [-0.25, -0.2) is 0 Å². The SMILES string of the molecule is C=COC(CCCCC)c1ccc(CCCCCC)cc1. The smallest absolute Gasteiger partial charge is 0.123 e. The van der Waals surface area contributed by atoms with Gasteiger partial charge in [-0.2, -0.15) is 0 Å². The molecule has 0 radical (unpaired) electrons. The summed E-state index contributed by atoms with van der Waals surface area (Å²) in [5.74, 6) is 0. The number of unbranched alkanes of at least 4 members (excludes halogenated alkanes) is 5. The van der Waals surface area contributed by atoms with Crippen LogP contribution in [0.3, 0.4) is 0 Å². The zero-order valence-electron chi connectivity index (χ0n) is 13.9. The second-order valence-electron chi connectivity index (χ2n) is 5.84. The molecule has 1 aromatic rings. The Morgan fingerprint density at radius 2 is 1.62 bits per heavy atom. The molecule has 1 atom stereocenters. The number of benzene rings is 1. The fourth-order valence-electron chi connectivity index (χ4n) is 2.66. The highest BCUT2D eigenvalue weighted by Gasteiger charge is 2.10. The van der Waals surface area contributed by atoms with E-state index < -0.39 is 0 Å². The van der Waals surface area contributed by atoms with Gasteiger partial charge in [-0.3, -0.25) is 0 Å². The molecule has 0 fully saturated rings. The van der Waals surface area contributed by atoms with Crippen molar-refractivity contribution in [3.63, 3.8) is 0 Å². The van der Waals surface area contributed by atoms with Gasteiger partial charge in [0, 0.05) is 0 Å². The minimum Gasteiger partial charge on any atom is -0.494 e. The lowest BCUT2D eigenvalue weighted by Gasteiger charge is -2.17. The molecule has 1 aromatic carbocycles. The van der Waals surface area contributed by atoms with Crippen LogP contribution in [-0.4, -0.2) is 0 Å². The Labute approximate surface area is 131 Å². The molecule has 1 unspecified atom stereocenters. The predicted molar refractivity (Wildman–Crippen MR) is 92.5 cm³/mol. The summed E-state index contributed by atoms with van der Waals surface area (Å²) in [7, 11) is 0. The molecule has 0 aliphatic rings. The lowest BCUT2D eigenvalue weighted by Crippen LogP contribution is -2.01. The first-order valence-electron chi connectivity index (χ1n) is 8.67. The average Bonchev–Trinajstić information content (AvgIpc) is 2.52. The lowest BCUT2D eigenvalue weighted by atomic mass is 9.99. The Hall–Kier alpha value is -1.24. The van der Waals surface area contributed by atoms with E-state index >= 15 is 0 Å². The van der Waals surface area contributed by atoms with E-state index in [1.54, 1.807) is 6.26 Å². The fourth-order valence-corrected chi connectivity index (χ4v) is 2.66. The molecule has 0 aromatic heterocycles. The first-order valence-corrected chi connectivity index (χ1v) is 8.67. The minimum atomic E-state index is 0.170. The van der Waals surface area contributed by atoms with E-state index in [4.69, 9.17) is 4.74 Å². The molecular formula is C20H32O. The van der Waals surface area contributed by atoms with Crippen molar-refractivity contribution in [2.75, 3.05) is 0 Å². The van der Waals surface area contributed by atoms with E-state index in [9.17, 15) is 0 Å². The molecular weight excluding hydrogens is 256 g/mol. The summed E-state index contributed by atoms with van der Waals surface area (Å²) >= 11 is 0. The predicted octanol–water partition coefficient (Wildman–Crippen LogP) is 6.59. The fraction of sp³-hybridized carbons (Fsp3) is 0.600. The van der Waals surface area contributed by atoms with Gasteiger partial charge in [0.25, 0.3) is 0 Å². The van der Waals surface area contributed by atoms with Crippen molar-refractivity contribution >= 4 is 0 Å². The van der Waals surface area contributed by atoms with E-state index in [1.165, 1.54) is 62.5 Å². The molecule has 0 saturated carbocycles. The molecule has 0 heterocycles. The van der Waals surface area contributed by atoms with Crippen molar-refractivity contribution in [1.29, 1.82) is 0 Å². The van der Waals surface area contributed by atoms with Crippen LogP contribution in [-0.2, 0) is 11.2 Å². The summed E-state index contributed by atoms with van der Waals surface area (Å²) in [6, 6.07) is 8.99. The Morgan fingerprint density at radius 3 is 2.24 bits per heavy atom. The molecule has 1 nitrogen and oxygen atoms in total. The number of ether oxygens (including phenoxy) is 1. The van der Waals surface area contributed by atoms with Crippen molar-refractivity contribution in [2.45, 2.75) is 77.7 Å². The van der Waals surface area contributed by atoms with Crippen LogP contribution < -0.4 is 0 Å². The highest BCUT2D eigenvalue weighted by atomic mass is 16.5. The molecule has 0 saturated heterocycles. The zero-order chi connectivity index (χ0) is 15.3. The first-order chi connectivity index (χ1) is 10.3. The number of hydrogen-bond donors (Lipinski definition) is 0. The third-order valence-corrected chi connectivity index (χ3v) is 4.00. The number of hydrogen-bond acceptors (Lipinski definition) is 1. The number of rotatable bonds is 12. The molecule has 1 rings (SSSR count). The van der Waals surface area contributed by atoms with Gasteiger partial charge in [-0.15, -0.1) is 0 Å². The molecule has 21 heavy (non-hydrogen) atoms. The van der Waals surface area contributed by atoms with E-state index in [-0.39, 0.29) is 6.10 Å². The minimum absolute atomic E-state index is 0.170. The van der Waals surface area contributed by atoms with Gasteiger partial charge in [0.05, 0.1) is 6.26 Å². The zero-order valence-corrected chi connectivity index (χ0v) is 13.9. The Morgan fingerprint density at radius 1 is 0.952 bits per heavy atom. The van der Waals surface area contributed by atoms with Crippen molar-refractivity contribution in [3.05, 3.63) is 48.2 Å². The van der Waals surface area contributed by atoms with Crippen molar-refractivity contribution in [2.24, 2.45) is 0 Å². The van der Waals surface area contributed by atoms with Crippen LogP contribution in [0.4, 0.5) is 0 Å². The molecule has 0 spiro atoms. The van der Waals surface area contributed by atoms with Crippen molar-refractivity contribution in [3.8, 4) is 0 Å². The van der Waals surface area contributed by atoms with E-state index in [2.05, 4.69) is 44.7 Å². The van der Waals surface area contributed by atoms with E-state index in [0.29, 0.717) is 0 Å². The molecule has 118 valence electrons.